The minimum Gasteiger partial charge on any atom is -0.460 e. The van der Waals surface area contributed by atoms with Crippen LogP contribution in [0.1, 0.15) is 111 Å². The van der Waals surface area contributed by atoms with Crippen molar-refractivity contribution < 1.29 is 18.7 Å². The molecule has 8 heteroatoms. The van der Waals surface area contributed by atoms with E-state index in [0.29, 0.717) is 59.4 Å². The summed E-state index contributed by atoms with van der Waals surface area (Å²) >= 11 is 0. The van der Waals surface area contributed by atoms with Gasteiger partial charge < -0.3 is 14.6 Å². The maximum atomic E-state index is 15.2. The molecule has 0 spiro atoms. The normalized spacial score (nSPS) is 21.8. The van der Waals surface area contributed by atoms with Gasteiger partial charge in [-0.2, -0.15) is 0 Å². The monoisotopic (exact) mass is 557 g/mol. The molecule has 2 unspecified atom stereocenters. The van der Waals surface area contributed by atoms with E-state index in [4.69, 9.17) is 9.72 Å². The number of cyclic esters (lactones) is 1. The van der Waals surface area contributed by atoms with E-state index in [2.05, 4.69) is 12.2 Å². The summed E-state index contributed by atoms with van der Waals surface area (Å²) in [5, 5.41) is 4.37. The summed E-state index contributed by atoms with van der Waals surface area (Å²) in [6, 6.07) is 3.16. The summed E-state index contributed by atoms with van der Waals surface area (Å²) in [6.45, 7) is 6.14. The minimum absolute atomic E-state index is 0.0326. The number of ether oxygens (including phenoxy) is 1. The van der Waals surface area contributed by atoms with E-state index < -0.39 is 5.92 Å². The number of nitrogens with one attached hydrogen (secondary N) is 1. The SMILES string of the molecule is CCCC1(C(=O)NC2CCc3c(C)c(F)cc4nc5c(c2c34)Cn2c-5cc3c(c2=O)COC(=O)C3CC)CCCC1. The molecule has 0 radical (unpaired) electrons. The third-order valence-electron chi connectivity index (χ3n) is 10.3. The van der Waals surface area contributed by atoms with Gasteiger partial charge in [0.05, 0.1) is 41.0 Å². The molecule has 2 aliphatic heterocycles. The molecule has 1 saturated carbocycles. The predicted octanol–water partition coefficient (Wildman–Crippen LogP) is 5.89. The minimum atomic E-state index is -0.500. The number of aryl methyl sites for hydroxylation is 1. The van der Waals surface area contributed by atoms with Crippen LogP contribution in [0.25, 0.3) is 22.3 Å². The molecule has 1 amide bonds. The van der Waals surface area contributed by atoms with Crippen molar-refractivity contribution in [2.24, 2.45) is 5.41 Å². The molecule has 0 saturated heterocycles. The van der Waals surface area contributed by atoms with Crippen molar-refractivity contribution in [2.45, 2.75) is 104 Å². The molecule has 4 aliphatic rings. The summed E-state index contributed by atoms with van der Waals surface area (Å²) in [4.78, 5) is 45.2. The van der Waals surface area contributed by atoms with E-state index in [1.807, 2.05) is 19.9 Å². The number of carbonyl (C=O) groups is 2. The number of carbonyl (C=O) groups excluding carboxylic acids is 2. The van der Waals surface area contributed by atoms with Gasteiger partial charge in [-0.1, -0.05) is 33.1 Å². The average molecular weight is 558 g/mol. The van der Waals surface area contributed by atoms with E-state index in [-0.39, 0.29) is 41.3 Å². The van der Waals surface area contributed by atoms with Crippen molar-refractivity contribution in [3.8, 4) is 11.4 Å². The van der Waals surface area contributed by atoms with Gasteiger partial charge >= 0.3 is 5.97 Å². The van der Waals surface area contributed by atoms with E-state index in [1.165, 1.54) is 6.07 Å². The molecule has 2 aliphatic carbocycles. The molecule has 1 aromatic carbocycles. The first-order valence-electron chi connectivity index (χ1n) is 15.2. The van der Waals surface area contributed by atoms with Crippen molar-refractivity contribution in [3.63, 3.8) is 0 Å². The molecule has 214 valence electrons. The highest BCUT2D eigenvalue weighted by molar-refractivity contribution is 5.94. The molecule has 4 heterocycles. The zero-order chi connectivity index (χ0) is 28.6. The van der Waals surface area contributed by atoms with Gasteiger partial charge in [-0.25, -0.2) is 9.37 Å². The smallest absolute Gasteiger partial charge is 0.313 e. The standard InChI is InChI=1S/C33H36FN3O4/c1-4-10-33(11-6-7-12-33)32(40)36-24-9-8-19-17(3)23(34)14-25-27(19)28(24)21-15-37-26(29(21)35-25)13-20-18(5-2)31(39)41-16-22(20)30(37)38/h13-14,18,24H,4-12,15-16H2,1-3H3,(H,36,40). The van der Waals surface area contributed by atoms with E-state index in [1.54, 1.807) is 4.57 Å². The van der Waals surface area contributed by atoms with Crippen molar-refractivity contribution in [1.82, 2.24) is 14.9 Å². The van der Waals surface area contributed by atoms with Gasteiger partial charge in [0.2, 0.25) is 5.91 Å². The Morgan fingerprint density at radius 2 is 1.95 bits per heavy atom. The molecule has 7 rings (SSSR count). The van der Waals surface area contributed by atoms with Crippen LogP contribution in [-0.2, 0) is 33.9 Å². The van der Waals surface area contributed by atoms with Gasteiger partial charge in [0.1, 0.15) is 12.4 Å². The zero-order valence-corrected chi connectivity index (χ0v) is 24.0. The first-order valence-corrected chi connectivity index (χ1v) is 15.2. The van der Waals surface area contributed by atoms with Gasteiger partial charge in [0.15, 0.2) is 0 Å². The maximum absolute atomic E-state index is 15.2. The van der Waals surface area contributed by atoms with Crippen molar-refractivity contribution in [3.05, 3.63) is 61.7 Å². The molecule has 1 fully saturated rings. The number of hydrogen-bond donors (Lipinski definition) is 1. The highest BCUT2D eigenvalue weighted by Crippen LogP contribution is 2.47. The Kier molecular flexibility index (Phi) is 6.10. The average Bonchev–Trinajstić information content (AvgIpc) is 3.58. The van der Waals surface area contributed by atoms with Crippen LogP contribution in [0.3, 0.4) is 0 Å². The summed E-state index contributed by atoms with van der Waals surface area (Å²) < 4.78 is 22.2. The lowest BCUT2D eigenvalue weighted by molar-refractivity contribution is -0.148. The summed E-state index contributed by atoms with van der Waals surface area (Å²) in [5.41, 5.74) is 5.97. The van der Waals surface area contributed by atoms with Gasteiger partial charge in [-0.05, 0) is 73.8 Å². The summed E-state index contributed by atoms with van der Waals surface area (Å²) in [7, 11) is 0. The lowest BCUT2D eigenvalue weighted by Crippen LogP contribution is -2.42. The predicted molar refractivity (Wildman–Crippen MR) is 153 cm³/mol. The third kappa shape index (κ3) is 3.75. The Morgan fingerprint density at radius 1 is 1.17 bits per heavy atom. The van der Waals surface area contributed by atoms with E-state index >= 15 is 4.39 Å². The number of halogens is 1. The van der Waals surface area contributed by atoms with Crippen LogP contribution in [0.4, 0.5) is 4.39 Å². The lowest BCUT2D eigenvalue weighted by Gasteiger charge is -2.34. The van der Waals surface area contributed by atoms with Crippen LogP contribution in [-0.4, -0.2) is 21.4 Å². The number of rotatable bonds is 5. The van der Waals surface area contributed by atoms with Gasteiger partial charge in [-0.3, -0.25) is 14.4 Å². The fourth-order valence-electron chi connectivity index (χ4n) is 8.15. The van der Waals surface area contributed by atoms with Gasteiger partial charge in [0, 0.05) is 22.4 Å². The van der Waals surface area contributed by atoms with Crippen molar-refractivity contribution in [2.75, 3.05) is 0 Å². The highest BCUT2D eigenvalue weighted by atomic mass is 19.1. The summed E-state index contributed by atoms with van der Waals surface area (Å²) in [6.07, 6.45) is 7.65. The van der Waals surface area contributed by atoms with Crippen LogP contribution >= 0.6 is 0 Å². The topological polar surface area (TPSA) is 90.3 Å². The quantitative estimate of drug-likeness (QED) is 0.309. The Hall–Kier alpha value is -3.55. The number of hydrogen-bond acceptors (Lipinski definition) is 5. The number of nitrogens with zero attached hydrogens (tertiary/aromatic N) is 2. The van der Waals surface area contributed by atoms with Gasteiger partial charge in [0.25, 0.3) is 5.56 Å². The first kappa shape index (κ1) is 26.4. The third-order valence-corrected chi connectivity index (χ3v) is 10.3. The lowest BCUT2D eigenvalue weighted by atomic mass is 9.78. The number of aromatic nitrogens is 2. The molecule has 2 aromatic heterocycles. The Labute approximate surface area is 238 Å². The zero-order valence-electron chi connectivity index (χ0n) is 24.0. The maximum Gasteiger partial charge on any atom is 0.313 e. The second-order valence-corrected chi connectivity index (χ2v) is 12.4. The molecule has 1 N–H and O–H groups in total. The molecule has 7 nitrogen and oxygen atoms in total. The number of esters is 1. The van der Waals surface area contributed by atoms with Crippen LogP contribution < -0.4 is 10.9 Å². The number of amides is 1. The molecular formula is C33H36FN3O4. The van der Waals surface area contributed by atoms with Crippen LogP contribution in [0.2, 0.25) is 0 Å². The second-order valence-electron chi connectivity index (χ2n) is 12.4. The molecule has 0 bridgehead atoms. The van der Waals surface area contributed by atoms with E-state index in [0.717, 1.165) is 60.6 Å². The van der Waals surface area contributed by atoms with Gasteiger partial charge in [-0.15, -0.1) is 0 Å². The number of benzene rings is 1. The number of pyridine rings is 2. The second kappa shape index (κ2) is 9.50. The largest absolute Gasteiger partial charge is 0.460 e. The van der Waals surface area contributed by atoms with Crippen LogP contribution in [0, 0.1) is 18.2 Å². The molecule has 41 heavy (non-hydrogen) atoms. The molecular weight excluding hydrogens is 521 g/mol. The number of fused-ring (bicyclic) bond motifs is 5. The highest BCUT2D eigenvalue weighted by Gasteiger charge is 2.43. The van der Waals surface area contributed by atoms with Crippen LogP contribution in [0.15, 0.2) is 16.9 Å². The van der Waals surface area contributed by atoms with Crippen LogP contribution in [0.5, 0.6) is 0 Å². The fourth-order valence-corrected chi connectivity index (χ4v) is 8.15. The summed E-state index contributed by atoms with van der Waals surface area (Å²) in [5.74, 6) is -0.995. The Balaban J connectivity index is 1.42. The Bertz CT molecular complexity index is 1700. The molecule has 3 aromatic rings. The molecule has 2 atom stereocenters. The first-order chi connectivity index (χ1) is 19.8. The van der Waals surface area contributed by atoms with Crippen molar-refractivity contribution >= 4 is 22.8 Å². The Morgan fingerprint density at radius 3 is 2.68 bits per heavy atom. The van der Waals surface area contributed by atoms with E-state index in [9.17, 15) is 14.4 Å². The fraction of sp³-hybridized carbons (Fsp3) is 0.515. The van der Waals surface area contributed by atoms with Crippen molar-refractivity contribution in [1.29, 1.82) is 0 Å².